The summed E-state index contributed by atoms with van der Waals surface area (Å²) in [5.74, 6) is -0.333. The van der Waals surface area contributed by atoms with Gasteiger partial charge in [0.25, 0.3) is 0 Å². The second-order valence-electron chi connectivity index (χ2n) is 3.39. The summed E-state index contributed by atoms with van der Waals surface area (Å²) in [6.07, 6.45) is 2.07. The van der Waals surface area contributed by atoms with Crippen LogP contribution in [0.4, 0.5) is 0 Å². The van der Waals surface area contributed by atoms with Crippen LogP contribution >= 0.6 is 0 Å². The summed E-state index contributed by atoms with van der Waals surface area (Å²) in [6, 6.07) is 2.43. The van der Waals surface area contributed by atoms with Crippen LogP contribution in [-0.2, 0) is 19.1 Å². The van der Waals surface area contributed by atoms with Gasteiger partial charge >= 0.3 is 11.9 Å². The third kappa shape index (κ3) is 23.3. The van der Waals surface area contributed by atoms with Gasteiger partial charge in [0.2, 0.25) is 0 Å². The molecule has 4 nitrogen and oxygen atoms in total. The third-order valence-corrected chi connectivity index (χ3v) is 3.02. The van der Waals surface area contributed by atoms with Gasteiger partial charge in [0.05, 0.1) is 13.2 Å². The molecule has 0 aliphatic heterocycles. The quantitative estimate of drug-likeness (QED) is 0.367. The molecule has 0 atom stereocenters. The Labute approximate surface area is 104 Å². The van der Waals surface area contributed by atoms with E-state index < -0.39 is 0 Å². The summed E-state index contributed by atoms with van der Waals surface area (Å²) in [5, 5.41) is 0. The molecule has 16 heavy (non-hydrogen) atoms. The molecule has 0 unspecified atom stereocenters. The van der Waals surface area contributed by atoms with E-state index in [0.29, 0.717) is 13.2 Å². The minimum Gasteiger partial charge on any atom is -0.466 e. The van der Waals surface area contributed by atoms with Crippen molar-refractivity contribution in [3.63, 3.8) is 0 Å². The number of esters is 2. The van der Waals surface area contributed by atoms with Gasteiger partial charge in [-0.1, -0.05) is 12.1 Å². The molecule has 0 aromatic carbocycles. The molecule has 0 fully saturated rings. The topological polar surface area (TPSA) is 52.6 Å². The molecule has 0 aromatic heterocycles. The molecule has 0 aromatic rings. The lowest BCUT2D eigenvalue weighted by Crippen LogP contribution is -1.99. The van der Waals surface area contributed by atoms with Crippen molar-refractivity contribution in [2.75, 3.05) is 13.2 Å². The van der Waals surface area contributed by atoms with E-state index in [1.165, 1.54) is 46.4 Å². The van der Waals surface area contributed by atoms with E-state index in [4.69, 9.17) is 0 Å². The largest absolute Gasteiger partial charge is 0.466 e. The summed E-state index contributed by atoms with van der Waals surface area (Å²) >= 11 is 0. The fraction of sp³-hybridized carbons (Fsp3) is 0.800. The Balaban J connectivity index is 0. The van der Waals surface area contributed by atoms with E-state index in [9.17, 15) is 9.59 Å². The number of carbonyl (C=O) groups excluding carboxylic acids is 2. The molecule has 0 amide bonds. The standard InChI is InChI=1S/2C5H12O2Si/c2*1-5(6)7-3-2-4-8/h2*2-4H2,1,8H3. The first-order chi connectivity index (χ1) is 7.54. The lowest BCUT2D eigenvalue weighted by atomic mass is 10.5. The van der Waals surface area contributed by atoms with Crippen LogP contribution in [0, 0.1) is 0 Å². The first kappa shape index (κ1) is 17.8. The summed E-state index contributed by atoms with van der Waals surface area (Å²) in [4.78, 5) is 20.2. The zero-order chi connectivity index (χ0) is 12.8. The molecule has 0 aliphatic rings. The van der Waals surface area contributed by atoms with Gasteiger partial charge in [-0.15, -0.1) is 0 Å². The van der Waals surface area contributed by atoms with E-state index in [0.717, 1.165) is 12.8 Å². The van der Waals surface area contributed by atoms with Gasteiger partial charge < -0.3 is 9.47 Å². The normalized spacial score (nSPS) is 9.12. The summed E-state index contributed by atoms with van der Waals surface area (Å²) < 4.78 is 9.33. The monoisotopic (exact) mass is 264 g/mol. The van der Waals surface area contributed by atoms with Gasteiger partial charge in [-0.2, -0.15) is 0 Å². The minimum absolute atomic E-state index is 0.167. The molecule has 0 heterocycles. The van der Waals surface area contributed by atoms with Crippen LogP contribution in [0.5, 0.6) is 0 Å². The average molecular weight is 264 g/mol. The van der Waals surface area contributed by atoms with Gasteiger partial charge in [-0.05, 0) is 12.8 Å². The van der Waals surface area contributed by atoms with Crippen molar-refractivity contribution in [3.05, 3.63) is 0 Å². The number of hydrogen-bond acceptors (Lipinski definition) is 4. The van der Waals surface area contributed by atoms with Crippen molar-refractivity contribution in [1.82, 2.24) is 0 Å². The van der Waals surface area contributed by atoms with Gasteiger partial charge in [-0.25, -0.2) is 0 Å². The SMILES string of the molecule is CC(=O)OCCC[SiH3].CC(=O)OCCC[SiH3]. The fourth-order valence-corrected chi connectivity index (χ4v) is 1.30. The molecule has 6 heteroatoms. The van der Waals surface area contributed by atoms with Gasteiger partial charge in [0.15, 0.2) is 0 Å². The van der Waals surface area contributed by atoms with E-state index in [2.05, 4.69) is 9.47 Å². The Morgan fingerprint density at radius 1 is 0.875 bits per heavy atom. The summed E-state index contributed by atoms with van der Waals surface area (Å²) in [6.45, 7) is 4.10. The Kier molecular flexibility index (Phi) is 16.0. The highest BCUT2D eigenvalue weighted by Crippen LogP contribution is 1.86. The van der Waals surface area contributed by atoms with Gasteiger partial charge in [0, 0.05) is 34.3 Å². The van der Waals surface area contributed by atoms with Crippen molar-refractivity contribution < 1.29 is 19.1 Å². The van der Waals surface area contributed by atoms with Crippen molar-refractivity contribution in [2.24, 2.45) is 0 Å². The first-order valence-electron chi connectivity index (χ1n) is 5.81. The van der Waals surface area contributed by atoms with E-state index in [-0.39, 0.29) is 11.9 Å². The number of rotatable bonds is 6. The first-order valence-corrected chi connectivity index (χ1v) is 8.64. The van der Waals surface area contributed by atoms with E-state index in [1.54, 1.807) is 0 Å². The van der Waals surface area contributed by atoms with Crippen molar-refractivity contribution >= 4 is 32.4 Å². The predicted molar refractivity (Wildman–Crippen MR) is 72.0 cm³/mol. The van der Waals surface area contributed by atoms with E-state index in [1.807, 2.05) is 0 Å². The molecule has 0 radical (unpaired) electrons. The third-order valence-electron chi connectivity index (χ3n) is 1.61. The Morgan fingerprint density at radius 3 is 1.38 bits per heavy atom. The molecule has 0 aliphatic carbocycles. The highest BCUT2D eigenvalue weighted by atomic mass is 28.1. The summed E-state index contributed by atoms with van der Waals surface area (Å²) in [7, 11) is 2.42. The second-order valence-corrected chi connectivity index (χ2v) is 5.39. The molecule has 0 saturated carbocycles. The van der Waals surface area contributed by atoms with Crippen molar-refractivity contribution in [1.29, 1.82) is 0 Å². The molecule has 0 spiro atoms. The highest BCUT2D eigenvalue weighted by Gasteiger charge is 1.88. The van der Waals surface area contributed by atoms with Crippen LogP contribution in [0.1, 0.15) is 26.7 Å². The Hall–Kier alpha value is -0.626. The lowest BCUT2D eigenvalue weighted by molar-refractivity contribution is -0.141. The lowest BCUT2D eigenvalue weighted by Gasteiger charge is -1.96. The fourth-order valence-electron chi connectivity index (χ4n) is 0.720. The maximum Gasteiger partial charge on any atom is 0.302 e. The minimum atomic E-state index is -0.167. The number of carbonyl (C=O) groups is 2. The Morgan fingerprint density at radius 2 is 1.19 bits per heavy atom. The van der Waals surface area contributed by atoms with Crippen LogP contribution in [-0.4, -0.2) is 45.6 Å². The number of hydrogen-bond donors (Lipinski definition) is 0. The van der Waals surface area contributed by atoms with Gasteiger partial charge in [-0.3, -0.25) is 9.59 Å². The molecule has 0 N–H and O–H groups in total. The van der Waals surface area contributed by atoms with Crippen molar-refractivity contribution in [3.8, 4) is 0 Å². The Bertz CT molecular complexity index is 166. The highest BCUT2D eigenvalue weighted by molar-refractivity contribution is 6.08. The maximum atomic E-state index is 10.1. The van der Waals surface area contributed by atoms with Crippen LogP contribution < -0.4 is 0 Å². The van der Waals surface area contributed by atoms with E-state index >= 15 is 0 Å². The molecule has 0 saturated heterocycles. The van der Waals surface area contributed by atoms with Crippen molar-refractivity contribution in [2.45, 2.75) is 38.8 Å². The maximum absolute atomic E-state index is 10.1. The van der Waals surface area contributed by atoms with Crippen LogP contribution in [0.2, 0.25) is 12.1 Å². The zero-order valence-electron chi connectivity index (χ0n) is 10.9. The molecular formula is C10H24O4Si2. The molecule has 0 bridgehead atoms. The number of ether oxygens (including phenoxy) is 2. The smallest absolute Gasteiger partial charge is 0.302 e. The van der Waals surface area contributed by atoms with Gasteiger partial charge in [0.1, 0.15) is 0 Å². The predicted octanol–water partition coefficient (Wildman–Crippen LogP) is -0.553. The molecule has 0 rings (SSSR count). The summed E-state index contributed by atoms with van der Waals surface area (Å²) in [5.41, 5.74) is 0. The second kappa shape index (κ2) is 14.4. The average Bonchev–Trinajstić information content (AvgIpc) is 2.18. The van der Waals surface area contributed by atoms with Crippen LogP contribution in [0.3, 0.4) is 0 Å². The van der Waals surface area contributed by atoms with Crippen LogP contribution in [0.15, 0.2) is 0 Å². The van der Waals surface area contributed by atoms with Crippen LogP contribution in [0.25, 0.3) is 0 Å². The molecule has 96 valence electrons. The zero-order valence-corrected chi connectivity index (χ0v) is 14.9. The molecular weight excluding hydrogens is 240 g/mol.